The van der Waals surface area contributed by atoms with Gasteiger partial charge < -0.3 is 15.1 Å². The van der Waals surface area contributed by atoms with Crippen LogP contribution in [0, 0.1) is 5.82 Å². The van der Waals surface area contributed by atoms with Crippen LogP contribution in [-0.4, -0.2) is 98.7 Å². The molecule has 48 heavy (non-hydrogen) atoms. The number of anilines is 1. The fourth-order valence-corrected chi connectivity index (χ4v) is 5.84. The number of hydrogen-bond acceptors (Lipinski definition) is 8. The molecule has 1 fully saturated rings. The van der Waals surface area contributed by atoms with Gasteiger partial charge in [0.15, 0.2) is 5.82 Å². The van der Waals surface area contributed by atoms with Crippen molar-refractivity contribution in [3.63, 3.8) is 0 Å². The maximum Gasteiger partial charge on any atom is 0.328 e. The van der Waals surface area contributed by atoms with Gasteiger partial charge in [-0.15, -0.1) is 5.10 Å². The second kappa shape index (κ2) is 17.3. The van der Waals surface area contributed by atoms with Crippen molar-refractivity contribution in [1.82, 2.24) is 19.6 Å². The van der Waals surface area contributed by atoms with Crippen LogP contribution in [0.25, 0.3) is 10.9 Å². The normalized spacial score (nSPS) is 14.8. The lowest BCUT2D eigenvalue weighted by Gasteiger charge is -2.35. The highest BCUT2D eigenvalue weighted by Crippen LogP contribution is 2.29. The monoisotopic (exact) mass is 663 g/mol. The van der Waals surface area contributed by atoms with E-state index in [2.05, 4.69) is 21.8 Å². The molecule has 2 aliphatic heterocycles. The van der Waals surface area contributed by atoms with E-state index in [0.29, 0.717) is 67.2 Å². The van der Waals surface area contributed by atoms with Crippen LogP contribution in [0.15, 0.2) is 54.6 Å². The number of halogens is 1. The Labute approximate surface area is 278 Å². The number of aromatic nitrogens is 2. The second-order valence-corrected chi connectivity index (χ2v) is 11.8. The molecule has 0 aliphatic carbocycles. The Bertz CT molecular complexity index is 1610. The lowest BCUT2D eigenvalue weighted by molar-refractivity contribution is -0.134. The molecular formula is C35H42FN5O7. The van der Waals surface area contributed by atoms with Crippen molar-refractivity contribution in [1.29, 1.82) is 0 Å². The van der Waals surface area contributed by atoms with Gasteiger partial charge in [0.25, 0.3) is 11.8 Å². The van der Waals surface area contributed by atoms with Crippen molar-refractivity contribution in [2.45, 2.75) is 58.3 Å². The molecule has 256 valence electrons. The molecule has 1 aromatic heterocycles. The highest BCUT2D eigenvalue weighted by molar-refractivity contribution is 6.21. The fraction of sp³-hybridized carbons (Fsp3) is 0.429. The average molecular weight is 664 g/mol. The molecule has 0 bridgehead atoms. The number of amides is 2. The second-order valence-electron chi connectivity index (χ2n) is 11.8. The Balaban J connectivity index is 0.000000579. The highest BCUT2D eigenvalue weighted by atomic mass is 19.1. The van der Waals surface area contributed by atoms with Crippen molar-refractivity contribution in [3.05, 3.63) is 71.6 Å². The molecule has 2 amide bonds. The Kier molecular flexibility index (Phi) is 13.0. The van der Waals surface area contributed by atoms with E-state index in [4.69, 9.17) is 10.2 Å². The van der Waals surface area contributed by atoms with Gasteiger partial charge in [-0.2, -0.15) is 4.68 Å². The number of nitrogens with zero attached hydrogens (tertiary/aromatic N) is 5. The number of piperazine rings is 1. The van der Waals surface area contributed by atoms with Gasteiger partial charge in [-0.3, -0.25) is 24.2 Å². The summed E-state index contributed by atoms with van der Waals surface area (Å²) in [6.45, 7) is 5.95. The van der Waals surface area contributed by atoms with Gasteiger partial charge in [-0.25, -0.2) is 14.0 Å². The van der Waals surface area contributed by atoms with Gasteiger partial charge in [-0.1, -0.05) is 57.6 Å². The van der Waals surface area contributed by atoms with Gasteiger partial charge in [0.05, 0.1) is 16.6 Å². The standard InChI is InChI=1S/C31H38FN5O3.C4H4O4/c1-2-3-4-5-6-7-8-13-28(38)37-27-22-23(32)14-15-26(27)29(33-37)35-19-16-34(17-20-35)18-21-36-30(39)24-11-9-10-12-25(24)31(36)40;5-3(6)1-2-4(7)8/h9-12,14-15,22H,2-8,13,16-21H2,1H3;1-2H,(H,5,6)(H,7,8)/b;2-1-. The van der Waals surface area contributed by atoms with Gasteiger partial charge in [0, 0.05) is 69.3 Å². The molecule has 0 spiro atoms. The number of hydrogen-bond donors (Lipinski definition) is 2. The molecule has 0 unspecified atom stereocenters. The number of carbonyl (C=O) groups is 5. The quantitative estimate of drug-likeness (QED) is 0.136. The Morgan fingerprint density at radius 3 is 1.98 bits per heavy atom. The van der Waals surface area contributed by atoms with E-state index in [0.717, 1.165) is 37.7 Å². The molecule has 13 heteroatoms. The highest BCUT2D eigenvalue weighted by Gasteiger charge is 2.35. The minimum atomic E-state index is -1.26. The van der Waals surface area contributed by atoms with Crippen LogP contribution in [-0.2, 0) is 9.59 Å². The first kappa shape index (κ1) is 35.9. The van der Waals surface area contributed by atoms with E-state index in [-0.39, 0.29) is 23.5 Å². The number of rotatable bonds is 14. The molecule has 12 nitrogen and oxygen atoms in total. The maximum atomic E-state index is 14.2. The first-order chi connectivity index (χ1) is 23.1. The van der Waals surface area contributed by atoms with Gasteiger partial charge >= 0.3 is 11.9 Å². The van der Waals surface area contributed by atoms with Crippen LogP contribution >= 0.6 is 0 Å². The molecule has 2 aromatic carbocycles. The summed E-state index contributed by atoms with van der Waals surface area (Å²) < 4.78 is 15.6. The summed E-state index contributed by atoms with van der Waals surface area (Å²) in [4.78, 5) is 63.2. The summed E-state index contributed by atoms with van der Waals surface area (Å²) in [5.41, 5.74) is 1.45. The largest absolute Gasteiger partial charge is 0.478 e. The molecule has 0 radical (unpaired) electrons. The molecule has 1 saturated heterocycles. The smallest absolute Gasteiger partial charge is 0.328 e. The molecule has 0 atom stereocenters. The summed E-state index contributed by atoms with van der Waals surface area (Å²) in [5, 5.41) is 21.1. The zero-order chi connectivity index (χ0) is 34.6. The van der Waals surface area contributed by atoms with Gasteiger partial charge in [0.1, 0.15) is 5.82 Å². The van der Waals surface area contributed by atoms with Gasteiger partial charge in [0.2, 0.25) is 5.91 Å². The summed E-state index contributed by atoms with van der Waals surface area (Å²) in [6, 6.07) is 11.5. The summed E-state index contributed by atoms with van der Waals surface area (Å²) >= 11 is 0. The van der Waals surface area contributed by atoms with E-state index >= 15 is 0 Å². The molecule has 0 saturated carbocycles. The zero-order valence-electron chi connectivity index (χ0n) is 27.1. The van der Waals surface area contributed by atoms with Crippen LogP contribution in [0.1, 0.15) is 83.8 Å². The SMILES string of the molecule is CCCCCCCCCC(=O)n1nc(N2CCN(CCN3C(=O)c4ccccc4C3=O)CC2)c2ccc(F)cc21.O=C(O)/C=C\C(=O)O. The Morgan fingerprint density at radius 2 is 1.40 bits per heavy atom. The zero-order valence-corrected chi connectivity index (χ0v) is 27.1. The molecule has 5 rings (SSSR count). The lowest BCUT2D eigenvalue weighted by Crippen LogP contribution is -2.49. The van der Waals surface area contributed by atoms with Crippen molar-refractivity contribution < 1.29 is 38.6 Å². The number of imide groups is 1. The van der Waals surface area contributed by atoms with Crippen molar-refractivity contribution in [3.8, 4) is 0 Å². The first-order valence-corrected chi connectivity index (χ1v) is 16.4. The Hall–Kier alpha value is -4.91. The van der Waals surface area contributed by atoms with Crippen molar-refractivity contribution in [2.24, 2.45) is 0 Å². The summed E-state index contributed by atoms with van der Waals surface area (Å²) in [7, 11) is 0. The van der Waals surface area contributed by atoms with Crippen molar-refractivity contribution >= 4 is 46.4 Å². The van der Waals surface area contributed by atoms with Crippen molar-refractivity contribution in [2.75, 3.05) is 44.2 Å². The van der Waals surface area contributed by atoms with Crippen LogP contribution in [0.5, 0.6) is 0 Å². The number of benzene rings is 2. The van der Waals surface area contributed by atoms with E-state index in [1.54, 1.807) is 30.3 Å². The number of unbranched alkanes of at least 4 members (excludes halogenated alkanes) is 6. The number of aliphatic carboxylic acids is 2. The van der Waals surface area contributed by atoms with E-state index in [1.165, 1.54) is 47.4 Å². The Morgan fingerprint density at radius 1 is 0.812 bits per heavy atom. The molecule has 2 aliphatic rings. The predicted molar refractivity (Wildman–Crippen MR) is 178 cm³/mol. The number of carboxylic acids is 2. The lowest BCUT2D eigenvalue weighted by atomic mass is 10.1. The average Bonchev–Trinajstić information content (AvgIpc) is 3.57. The van der Waals surface area contributed by atoms with E-state index in [9.17, 15) is 28.4 Å². The van der Waals surface area contributed by atoms with Crippen LogP contribution in [0.4, 0.5) is 10.2 Å². The van der Waals surface area contributed by atoms with Crippen LogP contribution < -0.4 is 4.90 Å². The topological polar surface area (TPSA) is 153 Å². The third-order valence-electron chi connectivity index (χ3n) is 8.41. The van der Waals surface area contributed by atoms with E-state index in [1.807, 2.05) is 0 Å². The third-order valence-corrected chi connectivity index (χ3v) is 8.41. The summed E-state index contributed by atoms with van der Waals surface area (Å²) in [5.74, 6) is -2.77. The fourth-order valence-electron chi connectivity index (χ4n) is 5.84. The molecular weight excluding hydrogens is 621 g/mol. The summed E-state index contributed by atoms with van der Waals surface area (Å²) in [6.07, 6.45) is 9.38. The number of carbonyl (C=O) groups excluding carboxylic acids is 3. The third kappa shape index (κ3) is 9.34. The van der Waals surface area contributed by atoms with Crippen LogP contribution in [0.2, 0.25) is 0 Å². The first-order valence-electron chi connectivity index (χ1n) is 16.4. The number of fused-ring (bicyclic) bond motifs is 2. The van der Waals surface area contributed by atoms with Crippen LogP contribution in [0.3, 0.4) is 0 Å². The minimum absolute atomic E-state index is 0.102. The van der Waals surface area contributed by atoms with E-state index < -0.39 is 11.9 Å². The van der Waals surface area contributed by atoms with Gasteiger partial charge in [-0.05, 0) is 30.7 Å². The molecule has 3 aromatic rings. The molecule has 3 heterocycles. The predicted octanol–water partition coefficient (Wildman–Crippen LogP) is 5.09. The maximum absolute atomic E-state index is 14.2. The minimum Gasteiger partial charge on any atom is -0.478 e. The number of carboxylic acid groups (broad SMARTS) is 2. The molecule has 2 N–H and O–H groups in total.